The summed E-state index contributed by atoms with van der Waals surface area (Å²) in [5.41, 5.74) is 0.576. The van der Waals surface area contributed by atoms with Crippen molar-refractivity contribution in [2.75, 3.05) is 11.4 Å². The van der Waals surface area contributed by atoms with Crippen LogP contribution in [0.15, 0.2) is 59.6 Å². The molecular formula is C17H14N2O2. The Labute approximate surface area is 122 Å². The molecule has 2 aliphatic heterocycles. The first kappa shape index (κ1) is 12.3. The van der Waals surface area contributed by atoms with Crippen molar-refractivity contribution in [3.63, 3.8) is 0 Å². The van der Waals surface area contributed by atoms with Crippen LogP contribution in [0.4, 0.5) is 11.4 Å². The zero-order valence-electron chi connectivity index (χ0n) is 11.4. The van der Waals surface area contributed by atoms with Crippen molar-refractivity contribution >= 4 is 23.0 Å². The maximum absolute atomic E-state index is 12.6. The third-order valence-corrected chi connectivity index (χ3v) is 4.14. The monoisotopic (exact) mass is 278 g/mol. The quantitative estimate of drug-likeness (QED) is 0.872. The number of ketones is 1. The minimum absolute atomic E-state index is 0.249. The molecule has 21 heavy (non-hydrogen) atoms. The van der Waals surface area contributed by atoms with Crippen LogP contribution in [0.5, 0.6) is 0 Å². The zero-order chi connectivity index (χ0) is 14.4. The Balaban J connectivity index is 1.88. The Morgan fingerprint density at radius 3 is 2.57 bits per heavy atom. The Morgan fingerprint density at radius 1 is 1.05 bits per heavy atom. The zero-order valence-corrected chi connectivity index (χ0v) is 11.4. The molecule has 0 aliphatic carbocycles. The normalized spacial score (nSPS) is 23.6. The van der Waals surface area contributed by atoms with E-state index < -0.39 is 5.60 Å². The van der Waals surface area contributed by atoms with Crippen molar-refractivity contribution in [3.05, 3.63) is 60.2 Å². The van der Waals surface area contributed by atoms with Crippen LogP contribution < -0.4 is 4.90 Å². The van der Waals surface area contributed by atoms with Crippen LogP contribution in [0.1, 0.15) is 16.8 Å². The fourth-order valence-corrected chi connectivity index (χ4v) is 3.04. The van der Waals surface area contributed by atoms with Gasteiger partial charge in [0.2, 0.25) is 5.78 Å². The first-order valence-electron chi connectivity index (χ1n) is 6.98. The lowest BCUT2D eigenvalue weighted by Gasteiger charge is -2.29. The highest BCUT2D eigenvalue weighted by Gasteiger charge is 2.52. The molecule has 2 aromatic carbocycles. The minimum atomic E-state index is -1.50. The number of anilines is 1. The summed E-state index contributed by atoms with van der Waals surface area (Å²) in [5, 5.41) is 10.8. The van der Waals surface area contributed by atoms with Gasteiger partial charge in [-0.25, -0.2) is 4.99 Å². The molecule has 1 fully saturated rings. The molecule has 1 saturated heterocycles. The Bertz CT molecular complexity index is 754. The standard InChI is InChI=1S/C17H14N2O2/c20-15-13-8-4-5-9-14(13)18-16-17(15,21)10-11-19(16)12-6-2-1-3-7-12/h1-9,21H,10-11H2/t17-/m1/s1. The van der Waals surface area contributed by atoms with Crippen LogP contribution in [0.3, 0.4) is 0 Å². The molecule has 4 heteroatoms. The van der Waals surface area contributed by atoms with Crippen LogP contribution in [0.2, 0.25) is 0 Å². The second kappa shape index (κ2) is 4.27. The molecule has 0 unspecified atom stereocenters. The predicted molar refractivity (Wildman–Crippen MR) is 81.2 cm³/mol. The highest BCUT2D eigenvalue weighted by Crippen LogP contribution is 2.39. The molecule has 0 radical (unpaired) electrons. The second-order valence-corrected chi connectivity index (χ2v) is 5.38. The van der Waals surface area contributed by atoms with Gasteiger partial charge in [0.25, 0.3) is 0 Å². The lowest BCUT2D eigenvalue weighted by molar-refractivity contribution is 0.0602. The van der Waals surface area contributed by atoms with E-state index in [1.807, 2.05) is 41.3 Å². The minimum Gasteiger partial charge on any atom is -0.374 e. The molecule has 1 atom stereocenters. The van der Waals surface area contributed by atoms with Crippen molar-refractivity contribution in [3.8, 4) is 0 Å². The second-order valence-electron chi connectivity index (χ2n) is 5.38. The summed E-state index contributed by atoms with van der Waals surface area (Å²) in [6.45, 7) is 0.582. The van der Waals surface area contributed by atoms with Gasteiger partial charge in [0, 0.05) is 24.2 Å². The van der Waals surface area contributed by atoms with E-state index in [4.69, 9.17) is 0 Å². The van der Waals surface area contributed by atoms with Gasteiger partial charge in [0.15, 0.2) is 5.60 Å². The number of amidine groups is 1. The molecule has 0 spiro atoms. The molecule has 0 aromatic heterocycles. The van der Waals surface area contributed by atoms with Crippen molar-refractivity contribution in [1.29, 1.82) is 0 Å². The van der Waals surface area contributed by atoms with Crippen molar-refractivity contribution < 1.29 is 9.90 Å². The van der Waals surface area contributed by atoms with Gasteiger partial charge < -0.3 is 10.0 Å². The molecule has 1 N–H and O–H groups in total. The molecule has 2 aliphatic rings. The summed E-state index contributed by atoms with van der Waals surface area (Å²) in [4.78, 5) is 19.1. The summed E-state index contributed by atoms with van der Waals surface area (Å²) in [5.74, 6) is 0.193. The molecular weight excluding hydrogens is 264 g/mol. The summed E-state index contributed by atoms with van der Waals surface area (Å²) in [6.07, 6.45) is 0.369. The van der Waals surface area contributed by atoms with Crippen molar-refractivity contribution in [2.24, 2.45) is 4.99 Å². The largest absolute Gasteiger partial charge is 0.374 e. The number of carbonyl (C=O) groups excluding carboxylic acids is 1. The van der Waals surface area contributed by atoms with E-state index >= 15 is 0 Å². The number of nitrogens with zero attached hydrogens (tertiary/aromatic N) is 2. The number of fused-ring (bicyclic) bond motifs is 2. The number of aliphatic hydroxyl groups is 1. The first-order chi connectivity index (χ1) is 10.2. The topological polar surface area (TPSA) is 52.9 Å². The number of Topliss-reactive ketones (excluding diaryl/α,β-unsaturated/α-hetero) is 1. The van der Waals surface area contributed by atoms with Crippen molar-refractivity contribution in [2.45, 2.75) is 12.0 Å². The van der Waals surface area contributed by atoms with E-state index in [0.717, 1.165) is 5.69 Å². The highest BCUT2D eigenvalue weighted by molar-refractivity contribution is 6.28. The average Bonchev–Trinajstić information content (AvgIpc) is 2.87. The lowest BCUT2D eigenvalue weighted by atomic mass is 9.88. The summed E-state index contributed by atoms with van der Waals surface area (Å²) < 4.78 is 0. The van der Waals surface area contributed by atoms with E-state index in [1.165, 1.54) is 0 Å². The van der Waals surface area contributed by atoms with Gasteiger partial charge in [0.1, 0.15) is 5.84 Å². The van der Waals surface area contributed by atoms with Gasteiger partial charge in [-0.1, -0.05) is 30.3 Å². The Kier molecular flexibility index (Phi) is 2.50. The van der Waals surface area contributed by atoms with Gasteiger partial charge in [-0.15, -0.1) is 0 Å². The van der Waals surface area contributed by atoms with Crippen LogP contribution in [0.25, 0.3) is 0 Å². The van der Waals surface area contributed by atoms with Crippen LogP contribution in [-0.2, 0) is 0 Å². The number of hydrogen-bond donors (Lipinski definition) is 1. The number of aliphatic imine (C=N–C) groups is 1. The van der Waals surface area contributed by atoms with E-state index in [9.17, 15) is 9.90 Å². The van der Waals surface area contributed by atoms with E-state index in [0.29, 0.717) is 30.1 Å². The molecule has 104 valence electrons. The number of carbonyl (C=O) groups is 1. The van der Waals surface area contributed by atoms with Gasteiger partial charge in [-0.3, -0.25) is 4.79 Å². The third-order valence-electron chi connectivity index (χ3n) is 4.14. The number of hydrogen-bond acceptors (Lipinski definition) is 4. The lowest BCUT2D eigenvalue weighted by Crippen LogP contribution is -2.48. The van der Waals surface area contributed by atoms with Crippen LogP contribution in [0, 0.1) is 0 Å². The summed E-state index contributed by atoms with van der Waals surface area (Å²) >= 11 is 0. The molecule has 4 nitrogen and oxygen atoms in total. The van der Waals surface area contributed by atoms with Crippen LogP contribution >= 0.6 is 0 Å². The molecule has 2 heterocycles. The maximum atomic E-state index is 12.6. The summed E-state index contributed by atoms with van der Waals surface area (Å²) in [7, 11) is 0. The maximum Gasteiger partial charge on any atom is 0.204 e. The van der Waals surface area contributed by atoms with E-state index in [2.05, 4.69) is 4.99 Å². The third kappa shape index (κ3) is 1.66. The van der Waals surface area contributed by atoms with E-state index in [-0.39, 0.29) is 5.78 Å². The number of para-hydroxylation sites is 2. The average molecular weight is 278 g/mol. The smallest absolute Gasteiger partial charge is 0.204 e. The van der Waals surface area contributed by atoms with E-state index in [1.54, 1.807) is 18.2 Å². The van der Waals surface area contributed by atoms with Gasteiger partial charge >= 0.3 is 0 Å². The fraction of sp³-hybridized carbons (Fsp3) is 0.176. The summed E-state index contributed by atoms with van der Waals surface area (Å²) in [6, 6.07) is 16.9. The van der Waals surface area contributed by atoms with Crippen LogP contribution in [-0.4, -0.2) is 28.9 Å². The molecule has 4 rings (SSSR count). The molecule has 2 aromatic rings. The number of rotatable bonds is 1. The Hall–Kier alpha value is -2.46. The predicted octanol–water partition coefficient (Wildman–Crippen LogP) is 2.55. The SMILES string of the molecule is O=C1c2ccccc2N=C2N(c3ccccc3)CC[C@@]12O. The Morgan fingerprint density at radius 2 is 1.76 bits per heavy atom. The van der Waals surface area contributed by atoms with Gasteiger partial charge in [-0.2, -0.15) is 0 Å². The highest BCUT2D eigenvalue weighted by atomic mass is 16.3. The molecule has 0 bridgehead atoms. The number of benzene rings is 2. The van der Waals surface area contributed by atoms with Gasteiger partial charge in [0.05, 0.1) is 5.69 Å². The van der Waals surface area contributed by atoms with Crippen molar-refractivity contribution in [1.82, 2.24) is 0 Å². The van der Waals surface area contributed by atoms with Gasteiger partial charge in [-0.05, 0) is 24.3 Å². The molecule has 0 amide bonds. The fourth-order valence-electron chi connectivity index (χ4n) is 3.04. The first-order valence-corrected chi connectivity index (χ1v) is 6.98. The molecule has 0 saturated carbocycles.